The molecule has 2 N–H and O–H groups in total. The Kier molecular flexibility index (Phi) is 6.58. The predicted molar refractivity (Wildman–Crippen MR) is 114 cm³/mol. The average Bonchev–Trinajstić information content (AvgIpc) is 3.12. The second kappa shape index (κ2) is 8.79. The predicted octanol–water partition coefficient (Wildman–Crippen LogP) is 3.45. The van der Waals surface area contributed by atoms with Crippen molar-refractivity contribution in [1.29, 1.82) is 0 Å². The molecule has 1 aromatic rings. The summed E-state index contributed by atoms with van der Waals surface area (Å²) in [5.41, 5.74) is 3.00. The fraction of sp³-hybridized carbons (Fsp3) is 0.682. The van der Waals surface area contributed by atoms with Crippen molar-refractivity contribution in [2.75, 3.05) is 52.3 Å². The Morgan fingerprint density at radius 2 is 2.14 bits per heavy atom. The SMILES string of the molecule is CN(C)CCOc1cc2c(c(NC3CCOC3)c1)[C@@H](C(C)(C)C)N(C(=O)O)CC2. The molecule has 1 unspecified atom stereocenters. The van der Waals surface area contributed by atoms with Crippen LogP contribution < -0.4 is 10.1 Å². The molecular weight excluding hydrogens is 370 g/mol. The summed E-state index contributed by atoms with van der Waals surface area (Å²) in [5.74, 6) is 0.837. The number of likely N-dealkylation sites (N-methyl/N-ethyl adjacent to an activating group) is 1. The first-order chi connectivity index (χ1) is 13.7. The third-order valence-electron chi connectivity index (χ3n) is 5.61. The minimum absolute atomic E-state index is 0.218. The number of fused-ring (bicyclic) bond motifs is 1. The number of carbonyl (C=O) groups is 1. The topological polar surface area (TPSA) is 74.3 Å². The number of carboxylic acid groups (broad SMARTS) is 1. The van der Waals surface area contributed by atoms with E-state index in [4.69, 9.17) is 9.47 Å². The molecule has 3 rings (SSSR count). The number of benzene rings is 1. The Hall–Kier alpha value is -1.99. The lowest BCUT2D eigenvalue weighted by atomic mass is 9.76. The van der Waals surface area contributed by atoms with Crippen molar-refractivity contribution in [2.24, 2.45) is 5.41 Å². The van der Waals surface area contributed by atoms with Crippen molar-refractivity contribution in [3.05, 3.63) is 23.3 Å². The highest BCUT2D eigenvalue weighted by Crippen LogP contribution is 2.47. The Labute approximate surface area is 174 Å². The van der Waals surface area contributed by atoms with Gasteiger partial charge in [0, 0.05) is 37.0 Å². The first-order valence-electron chi connectivity index (χ1n) is 10.4. The van der Waals surface area contributed by atoms with Gasteiger partial charge in [-0.1, -0.05) is 20.8 Å². The molecule has 0 bridgehead atoms. The van der Waals surface area contributed by atoms with E-state index in [0.29, 0.717) is 26.2 Å². The van der Waals surface area contributed by atoms with E-state index in [1.165, 1.54) is 5.56 Å². The van der Waals surface area contributed by atoms with Crippen molar-refractivity contribution >= 4 is 11.8 Å². The fourth-order valence-electron chi connectivity index (χ4n) is 4.26. The lowest BCUT2D eigenvalue weighted by Gasteiger charge is -2.44. The number of amides is 1. The number of hydrogen-bond acceptors (Lipinski definition) is 5. The fourth-order valence-corrected chi connectivity index (χ4v) is 4.26. The van der Waals surface area contributed by atoms with Crippen LogP contribution in [0, 0.1) is 5.41 Å². The minimum atomic E-state index is -0.864. The van der Waals surface area contributed by atoms with Gasteiger partial charge in [-0.15, -0.1) is 0 Å². The summed E-state index contributed by atoms with van der Waals surface area (Å²) in [6, 6.07) is 4.15. The van der Waals surface area contributed by atoms with Gasteiger partial charge in [0.05, 0.1) is 18.7 Å². The molecule has 1 aromatic carbocycles. The van der Waals surface area contributed by atoms with Gasteiger partial charge in [0.1, 0.15) is 12.4 Å². The quantitative estimate of drug-likeness (QED) is 0.755. The standard InChI is InChI=1S/C22H35N3O4/c1-22(2,3)20-19-15(6-8-25(20)21(26)27)12-17(29-11-9-24(4)5)13-18(19)23-16-7-10-28-14-16/h12-13,16,20,23H,6-11,14H2,1-5H3,(H,26,27)/t16?,20-/m0/s1. The third-order valence-corrected chi connectivity index (χ3v) is 5.61. The molecule has 7 nitrogen and oxygen atoms in total. The zero-order valence-electron chi connectivity index (χ0n) is 18.3. The van der Waals surface area contributed by atoms with Gasteiger partial charge in [0.2, 0.25) is 0 Å². The molecule has 1 fully saturated rings. The number of nitrogens with one attached hydrogen (secondary N) is 1. The molecule has 2 atom stereocenters. The summed E-state index contributed by atoms with van der Waals surface area (Å²) in [5, 5.41) is 13.5. The van der Waals surface area contributed by atoms with Crippen LogP contribution in [0.15, 0.2) is 12.1 Å². The molecule has 2 heterocycles. The number of anilines is 1. The summed E-state index contributed by atoms with van der Waals surface area (Å²) in [4.78, 5) is 15.7. The van der Waals surface area contributed by atoms with Crippen LogP contribution in [0.2, 0.25) is 0 Å². The van der Waals surface area contributed by atoms with Gasteiger partial charge in [0.25, 0.3) is 0 Å². The Morgan fingerprint density at radius 1 is 1.38 bits per heavy atom. The molecular formula is C22H35N3O4. The molecule has 1 amide bonds. The molecule has 0 spiro atoms. The summed E-state index contributed by atoms with van der Waals surface area (Å²) >= 11 is 0. The van der Waals surface area contributed by atoms with Crippen LogP contribution >= 0.6 is 0 Å². The third kappa shape index (κ3) is 5.14. The zero-order chi connectivity index (χ0) is 21.2. The highest BCUT2D eigenvalue weighted by atomic mass is 16.5. The molecule has 29 heavy (non-hydrogen) atoms. The molecule has 0 saturated carbocycles. The maximum absolute atomic E-state index is 12.0. The molecule has 1 saturated heterocycles. The van der Waals surface area contributed by atoms with Crippen molar-refractivity contribution < 1.29 is 19.4 Å². The molecule has 2 aliphatic heterocycles. The summed E-state index contributed by atoms with van der Waals surface area (Å²) in [6.45, 7) is 9.69. The normalized spacial score (nSPS) is 21.9. The van der Waals surface area contributed by atoms with E-state index in [0.717, 1.165) is 36.6 Å². The maximum Gasteiger partial charge on any atom is 0.407 e. The maximum atomic E-state index is 12.0. The highest BCUT2D eigenvalue weighted by molar-refractivity contribution is 5.70. The smallest absolute Gasteiger partial charge is 0.407 e. The van der Waals surface area contributed by atoms with Gasteiger partial charge in [-0.25, -0.2) is 4.79 Å². The second-order valence-electron chi connectivity index (χ2n) is 9.39. The van der Waals surface area contributed by atoms with Gasteiger partial charge in [-0.3, -0.25) is 0 Å². The van der Waals surface area contributed by atoms with Crippen LogP contribution in [0.5, 0.6) is 5.75 Å². The summed E-state index contributed by atoms with van der Waals surface area (Å²) in [6.07, 6.45) is 0.773. The van der Waals surface area contributed by atoms with Crippen LogP contribution in [0.4, 0.5) is 10.5 Å². The lowest BCUT2D eigenvalue weighted by molar-refractivity contribution is 0.0762. The van der Waals surface area contributed by atoms with Crippen molar-refractivity contribution in [3.8, 4) is 5.75 Å². The summed E-state index contributed by atoms with van der Waals surface area (Å²) in [7, 11) is 4.05. The first kappa shape index (κ1) is 21.7. The van der Waals surface area contributed by atoms with Crippen LogP contribution in [0.3, 0.4) is 0 Å². The van der Waals surface area contributed by atoms with Gasteiger partial charge >= 0.3 is 6.09 Å². The number of ether oxygens (including phenoxy) is 2. The van der Waals surface area contributed by atoms with E-state index < -0.39 is 6.09 Å². The highest BCUT2D eigenvalue weighted by Gasteiger charge is 2.40. The van der Waals surface area contributed by atoms with Crippen molar-refractivity contribution in [1.82, 2.24) is 9.80 Å². The van der Waals surface area contributed by atoms with E-state index in [1.807, 2.05) is 20.2 Å². The van der Waals surface area contributed by atoms with E-state index in [9.17, 15) is 9.90 Å². The van der Waals surface area contributed by atoms with Gasteiger partial charge in [-0.2, -0.15) is 0 Å². The van der Waals surface area contributed by atoms with Crippen LogP contribution in [0.1, 0.15) is 44.4 Å². The molecule has 0 aromatic heterocycles. The van der Waals surface area contributed by atoms with Crippen LogP contribution in [-0.4, -0.2) is 74.0 Å². The van der Waals surface area contributed by atoms with Gasteiger partial charge < -0.3 is 29.7 Å². The average molecular weight is 406 g/mol. The van der Waals surface area contributed by atoms with Gasteiger partial charge in [0.15, 0.2) is 0 Å². The van der Waals surface area contributed by atoms with E-state index >= 15 is 0 Å². The van der Waals surface area contributed by atoms with E-state index in [2.05, 4.69) is 37.1 Å². The van der Waals surface area contributed by atoms with Crippen LogP contribution in [0.25, 0.3) is 0 Å². The molecule has 2 aliphatic rings. The molecule has 0 aliphatic carbocycles. The largest absolute Gasteiger partial charge is 0.492 e. The van der Waals surface area contributed by atoms with Crippen molar-refractivity contribution in [3.63, 3.8) is 0 Å². The summed E-state index contributed by atoms with van der Waals surface area (Å²) < 4.78 is 11.6. The number of rotatable bonds is 6. The van der Waals surface area contributed by atoms with E-state index in [1.54, 1.807) is 4.90 Å². The minimum Gasteiger partial charge on any atom is -0.492 e. The second-order valence-corrected chi connectivity index (χ2v) is 9.39. The Balaban J connectivity index is 2.00. The molecule has 0 radical (unpaired) electrons. The Bertz CT molecular complexity index is 724. The number of nitrogens with zero attached hydrogens (tertiary/aromatic N) is 2. The Morgan fingerprint density at radius 3 is 2.72 bits per heavy atom. The molecule has 162 valence electrons. The van der Waals surface area contributed by atoms with E-state index in [-0.39, 0.29) is 17.5 Å². The molecule has 7 heteroatoms. The number of hydrogen-bond donors (Lipinski definition) is 2. The monoisotopic (exact) mass is 405 g/mol. The lowest BCUT2D eigenvalue weighted by Crippen LogP contribution is -2.45. The van der Waals surface area contributed by atoms with Crippen LogP contribution in [-0.2, 0) is 11.2 Å². The van der Waals surface area contributed by atoms with Crippen molar-refractivity contribution in [2.45, 2.75) is 45.7 Å². The van der Waals surface area contributed by atoms with Gasteiger partial charge in [-0.05, 0) is 44.0 Å². The first-order valence-corrected chi connectivity index (χ1v) is 10.4. The zero-order valence-corrected chi connectivity index (χ0v) is 18.3.